The predicted octanol–water partition coefficient (Wildman–Crippen LogP) is 16.3. The van der Waals surface area contributed by atoms with Gasteiger partial charge in [-0.05, 0) is 273 Å². The van der Waals surface area contributed by atoms with Gasteiger partial charge >= 0.3 is 0 Å². The third kappa shape index (κ3) is 65.9. The number of likely N-dealkylation sites (tertiary alicyclic amines) is 1. The van der Waals surface area contributed by atoms with E-state index in [1.165, 1.54) is 152 Å². The number of amides is 1. The van der Waals surface area contributed by atoms with Gasteiger partial charge in [0.25, 0.3) is 0 Å². The summed E-state index contributed by atoms with van der Waals surface area (Å²) in [4.78, 5) is 27.3. The van der Waals surface area contributed by atoms with E-state index in [2.05, 4.69) is 221 Å². The van der Waals surface area contributed by atoms with Gasteiger partial charge in [0.1, 0.15) is 0 Å². The number of anilines is 6. The topological polar surface area (TPSA) is 219 Å². The van der Waals surface area contributed by atoms with Crippen molar-refractivity contribution in [3.05, 3.63) is 167 Å². The lowest BCUT2D eigenvalue weighted by molar-refractivity contribution is -0.118. The van der Waals surface area contributed by atoms with Crippen LogP contribution in [0, 0.1) is 25.7 Å². The maximum Gasteiger partial charge on any atom is 0.216 e. The number of thiophene rings is 1. The van der Waals surface area contributed by atoms with Crippen LogP contribution in [0.5, 0.6) is 0 Å². The third-order valence-electron chi connectivity index (χ3n) is 16.9. The molecular formula is C90H164N18O3S2. The van der Waals surface area contributed by atoms with Crippen LogP contribution in [0.4, 0.5) is 34.1 Å². The molecule has 1 saturated carbocycles. The van der Waals surface area contributed by atoms with Crippen LogP contribution >= 0.6 is 22.7 Å². The first kappa shape index (κ1) is 112. The number of nitrogens with zero attached hydrogens (tertiary/aromatic N) is 6. The van der Waals surface area contributed by atoms with E-state index in [9.17, 15) is 4.79 Å². The van der Waals surface area contributed by atoms with Gasteiger partial charge in [0, 0.05) is 168 Å². The Kier molecular flexibility index (Phi) is 79.6. The number of carbonyl (C=O) groups is 1. The van der Waals surface area contributed by atoms with E-state index in [0.29, 0.717) is 6.54 Å². The van der Waals surface area contributed by atoms with Gasteiger partial charge in [0.05, 0.1) is 28.9 Å². The summed E-state index contributed by atoms with van der Waals surface area (Å²) >= 11 is 3.44. The fraction of sp³-hybridized carbons (Fsp3) is 0.567. The van der Waals surface area contributed by atoms with E-state index in [-0.39, 0.29) is 13.3 Å². The Morgan fingerprint density at radius 3 is 1.50 bits per heavy atom. The second-order valence-electron chi connectivity index (χ2n) is 27.4. The van der Waals surface area contributed by atoms with Crippen LogP contribution in [-0.2, 0) is 20.8 Å². The molecule has 0 radical (unpaired) electrons. The predicted molar refractivity (Wildman–Crippen MR) is 507 cm³/mol. The molecule has 1 amide bonds. The van der Waals surface area contributed by atoms with Crippen molar-refractivity contribution in [3.63, 3.8) is 0 Å². The molecule has 5 aromatic carbocycles. The van der Waals surface area contributed by atoms with Gasteiger partial charge in [-0.15, -0.1) is 22.7 Å². The van der Waals surface area contributed by atoms with Crippen molar-refractivity contribution in [2.24, 2.45) is 11.8 Å². The minimum absolute atomic E-state index is 0. The Morgan fingerprint density at radius 1 is 0.549 bits per heavy atom. The number of hydrogen-bond donors (Lipinski definition) is 12. The number of carbonyl (C=O) groups excluding carboxylic acids is 1. The van der Waals surface area contributed by atoms with Gasteiger partial charge in [-0.3, -0.25) is 9.78 Å². The second-order valence-corrected chi connectivity index (χ2v) is 29.2. The summed E-state index contributed by atoms with van der Waals surface area (Å²) in [5.74, 6) is 2.04. The molecule has 2 atom stereocenters. The van der Waals surface area contributed by atoms with Gasteiger partial charge < -0.3 is 92.9 Å². The molecule has 0 bridgehead atoms. The fourth-order valence-electron chi connectivity index (χ4n) is 10.5. The van der Waals surface area contributed by atoms with E-state index >= 15 is 0 Å². The molecule has 2 fully saturated rings. The van der Waals surface area contributed by atoms with Crippen LogP contribution < -0.4 is 68.7 Å². The SMILES string of the molecule is C.CCCN(C)C.CCCNC.CNC.CNCCC1CCCC1C.CNCCN1CCCCC1.CNCCNC(C)=O.CNCc1cccnc1.CNc1ccc2ccsc2c1.CNc1ccc2ncsc2c1.CNc1cccc(C)c1.CNc1cccc(C)c1.CNc1cccc(N(C)C)c1.COCCN(C)CCOC. The first-order valence-electron chi connectivity index (χ1n) is 40.2. The summed E-state index contributed by atoms with van der Waals surface area (Å²) in [5, 5.41) is 39.6. The summed E-state index contributed by atoms with van der Waals surface area (Å²) in [6.45, 7) is 26.9. The molecule has 644 valence electrons. The normalized spacial score (nSPS) is 12.6. The van der Waals surface area contributed by atoms with Crippen LogP contribution in [0.3, 0.4) is 0 Å². The monoisotopic (exact) mass is 1610 g/mol. The number of ether oxygens (including phenoxy) is 2. The fourth-order valence-corrected chi connectivity index (χ4v) is 12.0. The lowest BCUT2D eigenvalue weighted by Crippen LogP contribution is -2.34. The number of pyridine rings is 1. The molecular weight excluding hydrogens is 1450 g/mol. The van der Waals surface area contributed by atoms with Crippen molar-refractivity contribution >= 4 is 83.0 Å². The first-order chi connectivity index (χ1) is 54.1. The van der Waals surface area contributed by atoms with Gasteiger partial charge in [0.2, 0.25) is 5.91 Å². The zero-order chi connectivity index (χ0) is 84.2. The van der Waals surface area contributed by atoms with Crippen molar-refractivity contribution < 1.29 is 14.3 Å². The van der Waals surface area contributed by atoms with Crippen LogP contribution in [0.15, 0.2) is 151 Å². The smallest absolute Gasteiger partial charge is 0.216 e. The number of benzene rings is 5. The number of thiazole rings is 1. The molecule has 113 heavy (non-hydrogen) atoms. The third-order valence-corrected chi connectivity index (χ3v) is 18.6. The average molecular weight is 1610 g/mol. The highest BCUT2D eigenvalue weighted by atomic mass is 32.1. The minimum Gasteiger partial charge on any atom is -0.388 e. The largest absolute Gasteiger partial charge is 0.388 e. The lowest BCUT2D eigenvalue weighted by Gasteiger charge is -2.25. The number of piperidine rings is 1. The maximum absolute atomic E-state index is 10.2. The van der Waals surface area contributed by atoms with Gasteiger partial charge in [-0.25, -0.2) is 4.98 Å². The van der Waals surface area contributed by atoms with E-state index < -0.39 is 0 Å². The van der Waals surface area contributed by atoms with Crippen molar-refractivity contribution in [3.8, 4) is 0 Å². The van der Waals surface area contributed by atoms with E-state index in [0.717, 1.165) is 81.2 Å². The molecule has 4 heterocycles. The van der Waals surface area contributed by atoms with Crippen molar-refractivity contribution in [2.75, 3.05) is 251 Å². The van der Waals surface area contributed by atoms with Crippen LogP contribution in [0.25, 0.3) is 20.3 Å². The van der Waals surface area contributed by atoms with Gasteiger partial charge in [-0.1, -0.05) is 96.3 Å². The number of nitrogens with one attached hydrogen (secondary N) is 12. The van der Waals surface area contributed by atoms with E-state index in [4.69, 9.17) is 9.47 Å². The Hall–Kier alpha value is -7.07. The Labute approximate surface area is 698 Å². The lowest BCUT2D eigenvalue weighted by atomic mass is 9.95. The number of fused-ring (bicyclic) bond motifs is 2. The molecule has 23 heteroatoms. The number of aryl methyl sites for hydroxylation is 2. The number of aromatic nitrogens is 2. The molecule has 1 saturated heterocycles. The minimum atomic E-state index is 0. The van der Waals surface area contributed by atoms with E-state index in [1.54, 1.807) is 43.1 Å². The molecule has 3 aromatic heterocycles. The van der Waals surface area contributed by atoms with Crippen LogP contribution in [0.2, 0.25) is 0 Å². The molecule has 1 aliphatic carbocycles. The summed E-state index contributed by atoms with van der Waals surface area (Å²) in [6, 6.07) is 43.5. The maximum atomic E-state index is 10.2. The molecule has 1 aliphatic heterocycles. The highest BCUT2D eigenvalue weighted by Crippen LogP contribution is 2.33. The Bertz CT molecular complexity index is 3190. The highest BCUT2D eigenvalue weighted by Gasteiger charge is 2.22. The molecule has 21 nitrogen and oxygen atoms in total. The molecule has 0 spiro atoms. The Morgan fingerprint density at radius 2 is 1.08 bits per heavy atom. The molecule has 2 unspecified atom stereocenters. The summed E-state index contributed by atoms with van der Waals surface area (Å²) < 4.78 is 12.4. The van der Waals surface area contributed by atoms with Gasteiger partial charge in [-0.2, -0.15) is 0 Å². The number of likely N-dealkylation sites (N-methyl/N-ethyl adjacent to an activating group) is 3. The summed E-state index contributed by atoms with van der Waals surface area (Å²) in [7, 11) is 36.9. The molecule has 10 rings (SSSR count). The molecule has 12 N–H and O–H groups in total. The van der Waals surface area contributed by atoms with E-state index in [1.807, 2.05) is 171 Å². The number of methoxy groups -OCH3 is 2. The quantitative estimate of drug-likeness (QED) is 0.0215. The second kappa shape index (κ2) is 80.1. The standard InChI is InChI=1S/C9H14N2.C9H9NS.C9H19N.C8H8N2S.C8H18N2.2C8H11N.C7H10N2.C7H17NO2.C5H12N2O.C5H13N.C4H11N.C2H7N.CH4/c1-10-8-5-4-6-9(7-8)11(2)3;1-10-8-3-2-7-4-5-11-9(7)6-8;1-8-4-3-5-9(8)6-7-10-2;1-9-6-2-3-7-8(4-6)11-5-10-7;1-9-5-8-10-6-3-2-4-7-10;2*1-7-4-3-5-8(6-7)9-2;1-8-5-7-3-2-4-9-6-7;1-8(4-6-9-2)5-7-10-3;1-5(8)7-4-3-6-2;1-4-5-6(2)3;1-3-4-5-2;1-3-2;/h4-7,10H,1-3H3;2-6,10H,1H3;8-10H,3-7H2,1-2H3;2-5,9H,1H3;9H,2-8H2,1H3;2*3-6,9H,1-2H3;2-4,6,8H,5H2,1H3;4-7H2,1-3H3;6H,3-4H2,1-2H3,(H,7,8);4-5H2,1-3H3;5H,3-4H2,1-2H3;3H,1-2H3;1H4. The van der Waals surface area contributed by atoms with Crippen molar-refractivity contribution in [2.45, 2.75) is 113 Å². The number of hydrogen-bond acceptors (Lipinski definition) is 22. The van der Waals surface area contributed by atoms with Crippen molar-refractivity contribution in [1.82, 2.24) is 61.9 Å². The number of rotatable bonds is 27. The zero-order valence-electron chi connectivity index (χ0n) is 74.6. The zero-order valence-corrected chi connectivity index (χ0v) is 76.2. The molecule has 2 aliphatic rings. The summed E-state index contributed by atoms with van der Waals surface area (Å²) in [5.41, 5.74) is 13.8. The van der Waals surface area contributed by atoms with Crippen LogP contribution in [0.1, 0.15) is 110 Å². The van der Waals surface area contributed by atoms with Gasteiger partial charge in [0.15, 0.2) is 0 Å². The Balaban J connectivity index is -0.000000574. The average Bonchev–Trinajstić information content (AvgIpc) is 1.72. The summed E-state index contributed by atoms with van der Waals surface area (Å²) in [6.07, 6.45) is 16.2. The molecule has 8 aromatic rings. The van der Waals surface area contributed by atoms with Crippen molar-refractivity contribution in [1.29, 1.82) is 0 Å². The van der Waals surface area contributed by atoms with Crippen LogP contribution in [-0.4, -0.2) is 250 Å². The highest BCUT2D eigenvalue weighted by molar-refractivity contribution is 7.17. The first-order valence-corrected chi connectivity index (χ1v) is 41.9.